The number of hydrogen-bond acceptors (Lipinski definition) is 3. The van der Waals surface area contributed by atoms with Crippen molar-refractivity contribution in [2.24, 2.45) is 0 Å². The number of nitrogens with zero attached hydrogens (tertiary/aromatic N) is 1. The molecular formula is C16H16N2O3. The van der Waals surface area contributed by atoms with E-state index >= 15 is 0 Å². The van der Waals surface area contributed by atoms with E-state index in [0.29, 0.717) is 12.3 Å². The molecule has 5 nitrogen and oxygen atoms in total. The second-order valence-electron chi connectivity index (χ2n) is 5.27. The highest BCUT2D eigenvalue weighted by molar-refractivity contribution is 5.95. The number of furan rings is 1. The zero-order valence-electron chi connectivity index (χ0n) is 11.9. The third-order valence-corrected chi connectivity index (χ3v) is 3.47. The highest BCUT2D eigenvalue weighted by atomic mass is 16.3. The summed E-state index contributed by atoms with van der Waals surface area (Å²) in [5.74, 6) is 0.266. The molecule has 1 atom stereocenters. The predicted molar refractivity (Wildman–Crippen MR) is 78.2 cm³/mol. The molecule has 21 heavy (non-hydrogen) atoms. The van der Waals surface area contributed by atoms with Crippen LogP contribution in [0.5, 0.6) is 0 Å². The maximum Gasteiger partial charge on any atom is 0.249 e. The summed E-state index contributed by atoms with van der Waals surface area (Å²) in [5.41, 5.74) is 1.95. The molecule has 0 saturated carbocycles. The first-order valence-electron chi connectivity index (χ1n) is 6.81. The number of carbonyl (C=O) groups excluding carboxylic acids is 2. The van der Waals surface area contributed by atoms with Crippen molar-refractivity contribution in [3.63, 3.8) is 0 Å². The molecule has 2 amide bonds. The second kappa shape index (κ2) is 5.09. The maximum absolute atomic E-state index is 12.2. The Hall–Kier alpha value is -2.56. The molecule has 1 aromatic heterocycles. The Morgan fingerprint density at radius 3 is 2.90 bits per heavy atom. The van der Waals surface area contributed by atoms with Gasteiger partial charge in [-0.25, -0.2) is 0 Å². The predicted octanol–water partition coefficient (Wildman–Crippen LogP) is 2.10. The SMILES string of the molecule is Cc1ccc2oc(CN3C=CC(=O)N[C@@H](C)C3=O)cc2c1. The van der Waals surface area contributed by atoms with Gasteiger partial charge in [0.1, 0.15) is 17.4 Å². The molecule has 1 aliphatic rings. The highest BCUT2D eigenvalue weighted by Crippen LogP contribution is 2.22. The molecule has 1 N–H and O–H groups in total. The van der Waals surface area contributed by atoms with Crippen LogP contribution in [0.25, 0.3) is 11.0 Å². The summed E-state index contributed by atoms with van der Waals surface area (Å²) in [5, 5.41) is 3.61. The van der Waals surface area contributed by atoms with Gasteiger partial charge in [0.2, 0.25) is 11.8 Å². The van der Waals surface area contributed by atoms with E-state index in [9.17, 15) is 9.59 Å². The van der Waals surface area contributed by atoms with Gasteiger partial charge < -0.3 is 14.6 Å². The molecule has 0 bridgehead atoms. The zero-order chi connectivity index (χ0) is 15.0. The first kappa shape index (κ1) is 13.4. The normalized spacial score (nSPS) is 19.0. The smallest absolute Gasteiger partial charge is 0.249 e. The monoisotopic (exact) mass is 284 g/mol. The fourth-order valence-corrected chi connectivity index (χ4v) is 2.40. The van der Waals surface area contributed by atoms with Gasteiger partial charge in [-0.1, -0.05) is 11.6 Å². The minimum atomic E-state index is -0.542. The Balaban J connectivity index is 1.88. The van der Waals surface area contributed by atoms with Crippen LogP contribution in [0, 0.1) is 6.92 Å². The van der Waals surface area contributed by atoms with Crippen LogP contribution in [-0.4, -0.2) is 22.8 Å². The standard InChI is InChI=1S/C16H16N2O3/c1-10-3-4-14-12(7-10)8-13(21-14)9-18-6-5-15(19)17-11(2)16(18)20/h3-8,11H,9H2,1-2H3,(H,17,19)/t11-/m0/s1. The quantitative estimate of drug-likeness (QED) is 0.918. The van der Waals surface area contributed by atoms with Gasteiger partial charge in [0.05, 0.1) is 6.54 Å². The molecule has 108 valence electrons. The van der Waals surface area contributed by atoms with Crippen LogP contribution in [0.4, 0.5) is 0 Å². The van der Waals surface area contributed by atoms with E-state index in [1.165, 1.54) is 17.2 Å². The molecule has 1 aromatic carbocycles. The summed E-state index contributed by atoms with van der Waals surface area (Å²) in [7, 11) is 0. The summed E-state index contributed by atoms with van der Waals surface area (Å²) in [6.45, 7) is 4.00. The largest absolute Gasteiger partial charge is 0.459 e. The van der Waals surface area contributed by atoms with Crippen LogP contribution < -0.4 is 5.32 Å². The third-order valence-electron chi connectivity index (χ3n) is 3.47. The van der Waals surface area contributed by atoms with Gasteiger partial charge in [-0.15, -0.1) is 0 Å². The molecule has 0 radical (unpaired) electrons. The summed E-state index contributed by atoms with van der Waals surface area (Å²) in [6, 6.07) is 7.32. The van der Waals surface area contributed by atoms with Gasteiger partial charge >= 0.3 is 0 Å². The Kier molecular flexibility index (Phi) is 3.25. The van der Waals surface area contributed by atoms with Crippen LogP contribution >= 0.6 is 0 Å². The summed E-state index contributed by atoms with van der Waals surface area (Å²) < 4.78 is 5.74. The van der Waals surface area contributed by atoms with E-state index in [-0.39, 0.29) is 11.8 Å². The molecule has 5 heteroatoms. The highest BCUT2D eigenvalue weighted by Gasteiger charge is 2.24. The number of benzene rings is 1. The topological polar surface area (TPSA) is 62.6 Å². The van der Waals surface area contributed by atoms with Gasteiger partial charge in [0.25, 0.3) is 0 Å². The van der Waals surface area contributed by atoms with E-state index in [1.54, 1.807) is 6.92 Å². The average Bonchev–Trinajstić information content (AvgIpc) is 2.78. The molecule has 0 aliphatic carbocycles. The lowest BCUT2D eigenvalue weighted by Gasteiger charge is -2.18. The van der Waals surface area contributed by atoms with Crippen LogP contribution in [0.15, 0.2) is 41.0 Å². The van der Waals surface area contributed by atoms with Crippen molar-refractivity contribution in [3.05, 3.63) is 47.9 Å². The molecule has 1 aliphatic heterocycles. The van der Waals surface area contributed by atoms with Crippen molar-refractivity contribution in [2.75, 3.05) is 0 Å². The molecule has 0 fully saturated rings. The lowest BCUT2D eigenvalue weighted by atomic mass is 10.2. The molecule has 0 unspecified atom stereocenters. The Morgan fingerprint density at radius 2 is 2.10 bits per heavy atom. The third kappa shape index (κ3) is 2.67. The zero-order valence-corrected chi connectivity index (χ0v) is 11.9. The molecule has 0 spiro atoms. The van der Waals surface area contributed by atoms with Crippen molar-refractivity contribution in [1.82, 2.24) is 10.2 Å². The van der Waals surface area contributed by atoms with Gasteiger partial charge in [-0.3, -0.25) is 9.59 Å². The van der Waals surface area contributed by atoms with E-state index in [0.717, 1.165) is 16.5 Å². The number of amides is 2. The van der Waals surface area contributed by atoms with E-state index < -0.39 is 6.04 Å². The molecular weight excluding hydrogens is 268 g/mol. The Bertz CT molecular complexity index is 745. The molecule has 2 heterocycles. The first-order chi connectivity index (χ1) is 10.0. The number of aryl methyl sites for hydroxylation is 1. The maximum atomic E-state index is 12.2. The van der Waals surface area contributed by atoms with Crippen LogP contribution in [0.2, 0.25) is 0 Å². The van der Waals surface area contributed by atoms with E-state index in [1.807, 2.05) is 31.2 Å². The van der Waals surface area contributed by atoms with Gasteiger partial charge in [0, 0.05) is 17.7 Å². The number of rotatable bonds is 2. The molecule has 0 saturated heterocycles. The lowest BCUT2D eigenvalue weighted by molar-refractivity contribution is -0.132. The lowest BCUT2D eigenvalue weighted by Crippen LogP contribution is -2.41. The van der Waals surface area contributed by atoms with Crippen molar-refractivity contribution in [1.29, 1.82) is 0 Å². The number of carbonyl (C=O) groups is 2. The minimum absolute atomic E-state index is 0.159. The molecule has 2 aromatic rings. The summed E-state index contributed by atoms with van der Waals surface area (Å²) >= 11 is 0. The van der Waals surface area contributed by atoms with Gasteiger partial charge in [0.15, 0.2) is 0 Å². The van der Waals surface area contributed by atoms with Gasteiger partial charge in [-0.2, -0.15) is 0 Å². The fraction of sp³-hybridized carbons (Fsp3) is 0.250. The average molecular weight is 284 g/mol. The Morgan fingerprint density at radius 1 is 1.29 bits per heavy atom. The van der Waals surface area contributed by atoms with Gasteiger partial charge in [-0.05, 0) is 32.0 Å². The van der Waals surface area contributed by atoms with Crippen LogP contribution in [-0.2, 0) is 16.1 Å². The summed E-state index contributed by atoms with van der Waals surface area (Å²) in [4.78, 5) is 25.1. The van der Waals surface area contributed by atoms with E-state index in [4.69, 9.17) is 4.42 Å². The number of nitrogens with one attached hydrogen (secondary N) is 1. The van der Waals surface area contributed by atoms with Crippen LogP contribution in [0.3, 0.4) is 0 Å². The van der Waals surface area contributed by atoms with Crippen molar-refractivity contribution in [3.8, 4) is 0 Å². The summed E-state index contributed by atoms with van der Waals surface area (Å²) in [6.07, 6.45) is 2.85. The molecule has 3 rings (SSSR count). The number of fused-ring (bicyclic) bond motifs is 1. The second-order valence-corrected chi connectivity index (χ2v) is 5.27. The Labute approximate surface area is 122 Å². The first-order valence-corrected chi connectivity index (χ1v) is 6.81. The number of hydrogen-bond donors (Lipinski definition) is 1. The fourth-order valence-electron chi connectivity index (χ4n) is 2.40. The van der Waals surface area contributed by atoms with Crippen LogP contribution in [0.1, 0.15) is 18.2 Å². The van der Waals surface area contributed by atoms with Crippen molar-refractivity contribution < 1.29 is 14.0 Å². The minimum Gasteiger partial charge on any atom is -0.459 e. The van der Waals surface area contributed by atoms with Crippen molar-refractivity contribution in [2.45, 2.75) is 26.4 Å². The van der Waals surface area contributed by atoms with E-state index in [2.05, 4.69) is 5.32 Å². The van der Waals surface area contributed by atoms with Crippen molar-refractivity contribution >= 4 is 22.8 Å².